The van der Waals surface area contributed by atoms with Crippen LogP contribution in [0.3, 0.4) is 0 Å². The summed E-state index contributed by atoms with van der Waals surface area (Å²) in [5, 5.41) is 12.3. The molecule has 0 aliphatic carbocycles. The molecule has 0 bridgehead atoms. The van der Waals surface area contributed by atoms with E-state index in [4.69, 9.17) is 0 Å². The maximum absolute atomic E-state index is 12.8. The van der Waals surface area contributed by atoms with Gasteiger partial charge in [-0.1, -0.05) is 0 Å². The molecule has 2 N–H and O–H groups in total. The van der Waals surface area contributed by atoms with E-state index in [0.717, 1.165) is 12.1 Å². The molecule has 1 aromatic carbocycles. The first kappa shape index (κ1) is 17.7. The molecule has 1 atom stereocenters. The summed E-state index contributed by atoms with van der Waals surface area (Å²) in [6.45, 7) is 0. The summed E-state index contributed by atoms with van der Waals surface area (Å²) in [6, 6.07) is 4.58. The maximum atomic E-state index is 12.8. The second-order valence-corrected chi connectivity index (χ2v) is 7.11. The first-order valence-corrected chi connectivity index (χ1v) is 8.60. The summed E-state index contributed by atoms with van der Waals surface area (Å²) in [5.74, 6) is -0.839. The van der Waals surface area contributed by atoms with Crippen molar-refractivity contribution in [2.24, 2.45) is 7.05 Å². The van der Waals surface area contributed by atoms with Crippen LogP contribution in [0.2, 0.25) is 0 Å². The van der Waals surface area contributed by atoms with Crippen molar-refractivity contribution in [3.63, 3.8) is 0 Å². The minimum Gasteiger partial charge on any atom is -0.479 e. The summed E-state index contributed by atoms with van der Waals surface area (Å²) in [4.78, 5) is 24.1. The van der Waals surface area contributed by atoms with Crippen LogP contribution < -0.4 is 5.32 Å². The number of hydrogen-bond acceptors (Lipinski definition) is 3. The molecular formula is C16H15F3N2O3S. The SMILES string of the molecule is Cn1c(C(=O)NC2(C(=O)O)CCSC2)cc2cc(C(F)(F)F)ccc21. The van der Waals surface area contributed by atoms with Crippen LogP contribution in [0, 0.1) is 0 Å². The Kier molecular flexibility index (Phi) is 4.22. The van der Waals surface area contributed by atoms with Crippen LogP contribution in [-0.4, -0.2) is 38.6 Å². The quantitative estimate of drug-likeness (QED) is 0.869. The topological polar surface area (TPSA) is 71.3 Å². The molecule has 0 saturated carbocycles. The lowest BCUT2D eigenvalue weighted by Gasteiger charge is -2.24. The molecular weight excluding hydrogens is 357 g/mol. The molecule has 1 aliphatic heterocycles. The number of carboxylic acids is 1. The number of alkyl halides is 3. The third-order valence-corrected chi connectivity index (χ3v) is 5.58. The Morgan fingerprint density at radius 1 is 1.32 bits per heavy atom. The van der Waals surface area contributed by atoms with E-state index in [2.05, 4.69) is 5.32 Å². The molecule has 1 aromatic heterocycles. The van der Waals surface area contributed by atoms with Gasteiger partial charge in [-0.2, -0.15) is 24.9 Å². The molecule has 2 aromatic rings. The molecule has 2 heterocycles. The van der Waals surface area contributed by atoms with Crippen molar-refractivity contribution in [1.82, 2.24) is 9.88 Å². The van der Waals surface area contributed by atoms with E-state index >= 15 is 0 Å². The van der Waals surface area contributed by atoms with Gasteiger partial charge in [-0.05, 0) is 36.4 Å². The van der Waals surface area contributed by atoms with E-state index in [0.29, 0.717) is 17.7 Å². The van der Waals surface area contributed by atoms with Crippen molar-refractivity contribution >= 4 is 34.5 Å². The van der Waals surface area contributed by atoms with Crippen LogP contribution >= 0.6 is 11.8 Å². The van der Waals surface area contributed by atoms with Crippen molar-refractivity contribution in [3.05, 3.63) is 35.5 Å². The molecule has 9 heteroatoms. The molecule has 3 rings (SSSR count). The Morgan fingerprint density at radius 3 is 2.60 bits per heavy atom. The zero-order chi connectivity index (χ0) is 18.4. The zero-order valence-corrected chi connectivity index (χ0v) is 14.0. The van der Waals surface area contributed by atoms with Crippen molar-refractivity contribution in [3.8, 4) is 0 Å². The molecule has 1 amide bonds. The van der Waals surface area contributed by atoms with Crippen LogP contribution in [0.1, 0.15) is 22.5 Å². The number of carbonyl (C=O) groups is 2. The lowest BCUT2D eigenvalue weighted by atomic mass is 9.99. The highest BCUT2D eigenvalue weighted by Crippen LogP contribution is 2.33. The number of aryl methyl sites for hydroxylation is 1. The molecule has 5 nitrogen and oxygen atoms in total. The molecule has 1 aliphatic rings. The first-order chi connectivity index (χ1) is 11.6. The van der Waals surface area contributed by atoms with Gasteiger partial charge in [0, 0.05) is 23.7 Å². The number of rotatable bonds is 3. The van der Waals surface area contributed by atoms with E-state index in [1.807, 2.05) is 0 Å². The van der Waals surface area contributed by atoms with Crippen molar-refractivity contribution in [2.75, 3.05) is 11.5 Å². The summed E-state index contributed by atoms with van der Waals surface area (Å²) < 4.78 is 40.0. The van der Waals surface area contributed by atoms with Crippen LogP contribution in [-0.2, 0) is 18.0 Å². The van der Waals surface area contributed by atoms with Crippen LogP contribution in [0.4, 0.5) is 13.2 Å². The predicted molar refractivity (Wildman–Crippen MR) is 87.7 cm³/mol. The normalized spacial score (nSPS) is 20.8. The smallest absolute Gasteiger partial charge is 0.416 e. The number of amides is 1. The average Bonchev–Trinajstić information content (AvgIpc) is 3.12. The highest BCUT2D eigenvalue weighted by molar-refractivity contribution is 7.99. The number of fused-ring (bicyclic) bond motifs is 1. The van der Waals surface area contributed by atoms with Gasteiger partial charge in [-0.3, -0.25) is 4.79 Å². The van der Waals surface area contributed by atoms with Gasteiger partial charge in [0.05, 0.1) is 5.56 Å². The number of halogens is 3. The van der Waals surface area contributed by atoms with Gasteiger partial charge >= 0.3 is 12.1 Å². The Balaban J connectivity index is 1.96. The van der Waals surface area contributed by atoms with Gasteiger partial charge in [0.1, 0.15) is 11.2 Å². The van der Waals surface area contributed by atoms with Gasteiger partial charge in [0.25, 0.3) is 5.91 Å². The first-order valence-electron chi connectivity index (χ1n) is 7.44. The minimum atomic E-state index is -4.47. The monoisotopic (exact) mass is 372 g/mol. The highest BCUT2D eigenvalue weighted by atomic mass is 32.2. The van der Waals surface area contributed by atoms with E-state index in [-0.39, 0.29) is 16.8 Å². The lowest BCUT2D eigenvalue weighted by Crippen LogP contribution is -2.55. The Hall–Kier alpha value is -2.16. The highest BCUT2D eigenvalue weighted by Gasteiger charge is 2.43. The number of aliphatic carboxylic acids is 1. The number of nitrogens with one attached hydrogen (secondary N) is 1. The maximum Gasteiger partial charge on any atom is 0.416 e. The van der Waals surface area contributed by atoms with Gasteiger partial charge in [0.15, 0.2) is 0 Å². The van der Waals surface area contributed by atoms with E-state index < -0.39 is 29.2 Å². The number of carboxylic acid groups (broad SMARTS) is 1. The molecule has 0 spiro atoms. The molecule has 25 heavy (non-hydrogen) atoms. The fourth-order valence-electron chi connectivity index (χ4n) is 2.91. The van der Waals surface area contributed by atoms with Gasteiger partial charge in [-0.15, -0.1) is 0 Å². The average molecular weight is 372 g/mol. The molecule has 1 unspecified atom stereocenters. The third-order valence-electron chi connectivity index (χ3n) is 4.39. The Bertz CT molecular complexity index is 854. The number of thioether (sulfide) groups is 1. The molecule has 1 fully saturated rings. The Labute approximate surface area is 145 Å². The number of aromatic nitrogens is 1. The fraction of sp³-hybridized carbons (Fsp3) is 0.375. The van der Waals surface area contributed by atoms with Gasteiger partial charge in [-0.25, -0.2) is 4.79 Å². The number of benzene rings is 1. The number of carbonyl (C=O) groups excluding carboxylic acids is 1. The summed E-state index contributed by atoms with van der Waals surface area (Å²) in [6.07, 6.45) is -4.16. The van der Waals surface area contributed by atoms with Crippen LogP contribution in [0.25, 0.3) is 10.9 Å². The van der Waals surface area contributed by atoms with E-state index in [1.54, 1.807) is 7.05 Å². The summed E-state index contributed by atoms with van der Waals surface area (Å²) in [5.41, 5.74) is -1.56. The largest absolute Gasteiger partial charge is 0.479 e. The second kappa shape index (κ2) is 5.98. The summed E-state index contributed by atoms with van der Waals surface area (Å²) >= 11 is 1.43. The van der Waals surface area contributed by atoms with Crippen molar-refractivity contribution in [1.29, 1.82) is 0 Å². The van der Waals surface area contributed by atoms with E-state index in [1.165, 1.54) is 28.5 Å². The summed E-state index contributed by atoms with van der Waals surface area (Å²) in [7, 11) is 1.56. The lowest BCUT2D eigenvalue weighted by molar-refractivity contribution is -0.143. The number of nitrogens with zero attached hydrogens (tertiary/aromatic N) is 1. The minimum absolute atomic E-state index is 0.117. The standard InChI is InChI=1S/C16H15F3N2O3S/c1-21-11-3-2-10(16(17,18)19)6-9(11)7-12(21)13(22)20-15(14(23)24)4-5-25-8-15/h2-3,6-7H,4-5,8H2,1H3,(H,20,22)(H,23,24). The second-order valence-electron chi connectivity index (χ2n) is 6.00. The fourth-order valence-corrected chi connectivity index (χ4v) is 4.24. The van der Waals surface area contributed by atoms with E-state index in [9.17, 15) is 27.9 Å². The predicted octanol–water partition coefficient (Wildman–Crippen LogP) is 2.89. The van der Waals surface area contributed by atoms with Crippen LogP contribution in [0.15, 0.2) is 24.3 Å². The molecule has 134 valence electrons. The Morgan fingerprint density at radius 2 is 2.04 bits per heavy atom. The van der Waals surface area contributed by atoms with Crippen molar-refractivity contribution < 1.29 is 27.9 Å². The van der Waals surface area contributed by atoms with Crippen molar-refractivity contribution in [2.45, 2.75) is 18.1 Å². The molecule has 1 saturated heterocycles. The van der Waals surface area contributed by atoms with Gasteiger partial charge in [0.2, 0.25) is 0 Å². The third kappa shape index (κ3) is 3.08. The van der Waals surface area contributed by atoms with Gasteiger partial charge < -0.3 is 15.0 Å². The van der Waals surface area contributed by atoms with Crippen LogP contribution in [0.5, 0.6) is 0 Å². The molecule has 0 radical (unpaired) electrons. The number of hydrogen-bond donors (Lipinski definition) is 2. The zero-order valence-electron chi connectivity index (χ0n) is 13.2.